The van der Waals surface area contributed by atoms with E-state index in [4.69, 9.17) is 4.74 Å². The Bertz CT molecular complexity index is 961. The van der Waals surface area contributed by atoms with E-state index in [9.17, 15) is 4.79 Å². The second kappa shape index (κ2) is 7.89. The summed E-state index contributed by atoms with van der Waals surface area (Å²) in [5, 5.41) is 1.14. The number of rotatable bonds is 5. The van der Waals surface area contributed by atoms with E-state index < -0.39 is 0 Å². The number of aromatic nitrogens is 1. The van der Waals surface area contributed by atoms with Gasteiger partial charge in [-0.25, -0.2) is 0 Å². The van der Waals surface area contributed by atoms with Crippen LogP contribution in [0.3, 0.4) is 0 Å². The first-order valence-corrected chi connectivity index (χ1v) is 9.67. The third kappa shape index (κ3) is 3.65. The first kappa shape index (κ1) is 18.3. The highest BCUT2D eigenvalue weighted by atomic mass is 16.5. The second-order valence-electron chi connectivity index (χ2n) is 7.41. The molecule has 0 saturated carbocycles. The Morgan fingerprint density at radius 2 is 1.82 bits per heavy atom. The summed E-state index contributed by atoms with van der Waals surface area (Å²) in [5.74, 6) is 0.874. The Balaban J connectivity index is 1.57. The van der Waals surface area contributed by atoms with Crippen LogP contribution < -0.4 is 9.64 Å². The number of hydrogen-bond donors (Lipinski definition) is 0. The van der Waals surface area contributed by atoms with Gasteiger partial charge >= 0.3 is 0 Å². The van der Waals surface area contributed by atoms with Crippen molar-refractivity contribution in [2.24, 2.45) is 0 Å². The summed E-state index contributed by atoms with van der Waals surface area (Å²) in [4.78, 5) is 19.4. The molecule has 0 atom stereocenters. The smallest absolute Gasteiger partial charge is 0.209 e. The summed E-state index contributed by atoms with van der Waals surface area (Å²) < 4.78 is 6.12. The van der Waals surface area contributed by atoms with Crippen molar-refractivity contribution >= 4 is 23.0 Å². The molecule has 2 heterocycles. The predicted octanol–water partition coefficient (Wildman–Crippen LogP) is 3.97. The molecule has 3 aromatic rings. The van der Waals surface area contributed by atoms with Gasteiger partial charge in [0, 0.05) is 57.2 Å². The highest BCUT2D eigenvalue weighted by molar-refractivity contribution is 5.99. The number of nitrogens with zero attached hydrogens (tertiary/aromatic N) is 3. The molecule has 1 aliphatic heterocycles. The van der Waals surface area contributed by atoms with Gasteiger partial charge in [0.1, 0.15) is 11.9 Å². The summed E-state index contributed by atoms with van der Waals surface area (Å²) in [6, 6.07) is 16.6. The molecule has 2 aromatic carbocycles. The van der Waals surface area contributed by atoms with E-state index in [-0.39, 0.29) is 6.10 Å². The normalized spacial score (nSPS) is 14.9. The number of piperidine rings is 1. The number of anilines is 1. The topological polar surface area (TPSA) is 45.7 Å². The van der Waals surface area contributed by atoms with Gasteiger partial charge in [0.2, 0.25) is 6.41 Å². The molecule has 0 spiro atoms. The Kier molecular flexibility index (Phi) is 5.15. The van der Waals surface area contributed by atoms with Gasteiger partial charge in [-0.05, 0) is 23.8 Å². The number of fused-ring (bicyclic) bond motifs is 1. The van der Waals surface area contributed by atoms with Gasteiger partial charge in [-0.1, -0.05) is 30.3 Å². The first-order valence-electron chi connectivity index (χ1n) is 9.67. The van der Waals surface area contributed by atoms with Crippen molar-refractivity contribution in [1.29, 1.82) is 0 Å². The van der Waals surface area contributed by atoms with Crippen LogP contribution in [0.2, 0.25) is 0 Å². The molecular weight excluding hydrogens is 350 g/mol. The minimum atomic E-state index is 0.171. The Labute approximate surface area is 165 Å². The van der Waals surface area contributed by atoms with Crippen molar-refractivity contribution in [1.82, 2.24) is 9.88 Å². The number of likely N-dealkylation sites (tertiary alicyclic amines) is 1. The van der Waals surface area contributed by atoms with E-state index in [1.165, 1.54) is 0 Å². The second-order valence-corrected chi connectivity index (χ2v) is 7.41. The molecule has 4 rings (SSSR count). The van der Waals surface area contributed by atoms with E-state index in [0.29, 0.717) is 0 Å². The molecule has 5 nitrogen and oxygen atoms in total. The fourth-order valence-corrected chi connectivity index (χ4v) is 3.82. The Hall–Kier alpha value is -3.08. The summed E-state index contributed by atoms with van der Waals surface area (Å²) in [6.07, 6.45) is 4.69. The zero-order valence-electron chi connectivity index (χ0n) is 16.3. The number of pyridine rings is 1. The maximum absolute atomic E-state index is 10.8. The lowest BCUT2D eigenvalue weighted by Crippen LogP contribution is -2.37. The van der Waals surface area contributed by atoms with Crippen molar-refractivity contribution in [3.8, 4) is 16.9 Å². The lowest BCUT2D eigenvalue weighted by atomic mass is 10.00. The fraction of sp³-hybridized carbons (Fsp3) is 0.304. The van der Waals surface area contributed by atoms with Crippen LogP contribution in [0.4, 0.5) is 5.69 Å². The number of ether oxygens (including phenoxy) is 1. The van der Waals surface area contributed by atoms with E-state index in [1.54, 1.807) is 4.90 Å². The minimum Gasteiger partial charge on any atom is -0.490 e. The van der Waals surface area contributed by atoms with Gasteiger partial charge in [0.15, 0.2) is 0 Å². The largest absolute Gasteiger partial charge is 0.490 e. The van der Waals surface area contributed by atoms with Gasteiger partial charge in [-0.15, -0.1) is 0 Å². The van der Waals surface area contributed by atoms with Crippen LogP contribution in [0.25, 0.3) is 22.0 Å². The first-order chi connectivity index (χ1) is 13.7. The zero-order valence-corrected chi connectivity index (χ0v) is 16.3. The average molecular weight is 375 g/mol. The number of benzene rings is 2. The van der Waals surface area contributed by atoms with Crippen LogP contribution >= 0.6 is 0 Å². The predicted molar refractivity (Wildman–Crippen MR) is 113 cm³/mol. The molecule has 1 fully saturated rings. The van der Waals surface area contributed by atoms with Crippen LogP contribution in [-0.2, 0) is 4.79 Å². The molecule has 5 heteroatoms. The quantitative estimate of drug-likeness (QED) is 0.633. The highest BCUT2D eigenvalue weighted by Crippen LogP contribution is 2.36. The number of hydrogen-bond acceptors (Lipinski definition) is 4. The van der Waals surface area contributed by atoms with Crippen LogP contribution in [0.15, 0.2) is 54.7 Å². The van der Waals surface area contributed by atoms with Crippen molar-refractivity contribution in [2.45, 2.75) is 18.9 Å². The van der Waals surface area contributed by atoms with E-state index in [2.05, 4.69) is 54.3 Å². The van der Waals surface area contributed by atoms with Gasteiger partial charge in [-0.2, -0.15) is 0 Å². The lowest BCUT2D eigenvalue weighted by Gasteiger charge is -2.29. The van der Waals surface area contributed by atoms with Gasteiger partial charge < -0.3 is 14.5 Å². The zero-order chi connectivity index (χ0) is 19.5. The SMILES string of the molecule is CN(C)c1c(-c2ccc(OC3CCN(C=O)CC3)cc2)ccc2cccnc12. The molecule has 28 heavy (non-hydrogen) atoms. The van der Waals surface area contributed by atoms with Crippen molar-refractivity contribution < 1.29 is 9.53 Å². The van der Waals surface area contributed by atoms with Crippen LogP contribution in [0, 0.1) is 0 Å². The fourth-order valence-electron chi connectivity index (χ4n) is 3.82. The molecule has 0 bridgehead atoms. The average Bonchev–Trinajstić information content (AvgIpc) is 2.74. The third-order valence-electron chi connectivity index (χ3n) is 5.29. The van der Waals surface area contributed by atoms with Crippen molar-refractivity contribution in [2.75, 3.05) is 32.1 Å². The summed E-state index contributed by atoms with van der Waals surface area (Å²) in [6.45, 7) is 1.53. The van der Waals surface area contributed by atoms with Gasteiger partial charge in [-0.3, -0.25) is 9.78 Å². The molecule has 0 unspecified atom stereocenters. The van der Waals surface area contributed by atoms with E-state index >= 15 is 0 Å². The maximum Gasteiger partial charge on any atom is 0.209 e. The molecule has 144 valence electrons. The molecule has 1 saturated heterocycles. The van der Waals surface area contributed by atoms with E-state index in [1.807, 2.05) is 24.4 Å². The molecule has 1 aromatic heterocycles. The maximum atomic E-state index is 10.8. The molecule has 1 amide bonds. The molecule has 0 N–H and O–H groups in total. The van der Waals surface area contributed by atoms with Gasteiger partial charge in [0.05, 0.1) is 11.2 Å². The molecule has 0 radical (unpaired) electrons. The number of carbonyl (C=O) groups is 1. The molecule has 0 aliphatic carbocycles. The van der Waals surface area contributed by atoms with Crippen molar-refractivity contribution in [3.63, 3.8) is 0 Å². The lowest BCUT2D eigenvalue weighted by molar-refractivity contribution is -0.119. The summed E-state index contributed by atoms with van der Waals surface area (Å²) >= 11 is 0. The highest BCUT2D eigenvalue weighted by Gasteiger charge is 2.19. The van der Waals surface area contributed by atoms with Crippen molar-refractivity contribution in [3.05, 3.63) is 54.7 Å². The summed E-state index contributed by atoms with van der Waals surface area (Å²) in [7, 11) is 4.10. The Morgan fingerprint density at radius 3 is 2.50 bits per heavy atom. The number of carbonyl (C=O) groups excluding carboxylic acids is 1. The Morgan fingerprint density at radius 1 is 1.07 bits per heavy atom. The van der Waals surface area contributed by atoms with E-state index in [0.717, 1.165) is 65.8 Å². The standard InChI is InChI=1S/C23H25N3O2/c1-25(2)23-21(10-7-18-4-3-13-24-22(18)23)17-5-8-19(9-6-17)28-20-11-14-26(16-27)15-12-20/h3-10,13,16,20H,11-12,14-15H2,1-2H3. The minimum absolute atomic E-state index is 0.171. The molecular formula is C23H25N3O2. The number of amides is 1. The third-order valence-corrected chi connectivity index (χ3v) is 5.29. The monoisotopic (exact) mass is 375 g/mol. The van der Waals surface area contributed by atoms with Crippen LogP contribution in [0.1, 0.15) is 12.8 Å². The van der Waals surface area contributed by atoms with Crippen LogP contribution in [0.5, 0.6) is 5.75 Å². The van der Waals surface area contributed by atoms with Gasteiger partial charge in [0.25, 0.3) is 0 Å². The summed E-state index contributed by atoms with van der Waals surface area (Å²) in [5.41, 5.74) is 4.42. The van der Waals surface area contributed by atoms with Crippen LogP contribution in [-0.4, -0.2) is 49.6 Å². The molecule has 1 aliphatic rings.